The summed E-state index contributed by atoms with van der Waals surface area (Å²) in [5, 5.41) is 6.80. The topological polar surface area (TPSA) is 45.7 Å². The van der Waals surface area contributed by atoms with Crippen LogP contribution >= 0.6 is 0 Å². The lowest BCUT2D eigenvalue weighted by atomic mass is 10.1. The van der Waals surface area contributed by atoms with Crippen LogP contribution in [0.3, 0.4) is 0 Å². The Bertz CT molecular complexity index is 529. The number of hydrogen-bond donors (Lipinski definition) is 2. The van der Waals surface area contributed by atoms with Crippen LogP contribution in [-0.4, -0.2) is 32.2 Å². The predicted octanol–water partition coefficient (Wildman–Crippen LogP) is 2.82. The minimum absolute atomic E-state index is 0.478. The van der Waals surface area contributed by atoms with Gasteiger partial charge in [0, 0.05) is 19.1 Å². The molecule has 2 rings (SSSR count). The number of aliphatic imine (C=N–C) groups is 1. The summed E-state index contributed by atoms with van der Waals surface area (Å²) >= 11 is 0. The van der Waals surface area contributed by atoms with E-state index in [0.29, 0.717) is 6.04 Å². The number of hydrogen-bond acceptors (Lipinski definition) is 2. The molecule has 120 valence electrons. The van der Waals surface area contributed by atoms with E-state index >= 15 is 0 Å². The van der Waals surface area contributed by atoms with E-state index in [1.165, 1.54) is 11.1 Å². The van der Waals surface area contributed by atoms with Crippen molar-refractivity contribution in [3.63, 3.8) is 0 Å². The summed E-state index contributed by atoms with van der Waals surface area (Å²) in [5.74, 6) is 1.85. The fraction of sp³-hybridized carbons (Fsp3) is 0.500. The zero-order valence-electron chi connectivity index (χ0n) is 13.9. The third-order valence-corrected chi connectivity index (χ3v) is 3.78. The van der Waals surface area contributed by atoms with Gasteiger partial charge in [0.05, 0.1) is 7.11 Å². The van der Waals surface area contributed by atoms with E-state index < -0.39 is 0 Å². The predicted molar refractivity (Wildman–Crippen MR) is 92.7 cm³/mol. The Morgan fingerprint density at radius 2 is 2.09 bits per heavy atom. The maximum Gasteiger partial charge on any atom is 0.191 e. The molecule has 4 heteroatoms. The van der Waals surface area contributed by atoms with E-state index in [2.05, 4.69) is 53.8 Å². The minimum atomic E-state index is 0.478. The van der Waals surface area contributed by atoms with Crippen LogP contribution in [0.4, 0.5) is 0 Å². The number of rotatable bonds is 6. The van der Waals surface area contributed by atoms with Crippen LogP contribution in [0, 0.1) is 6.92 Å². The van der Waals surface area contributed by atoms with Crippen molar-refractivity contribution < 1.29 is 4.74 Å². The Labute approximate surface area is 133 Å². The molecular weight excluding hydrogens is 274 g/mol. The van der Waals surface area contributed by atoms with E-state index in [0.717, 1.165) is 44.1 Å². The normalized spacial score (nSPS) is 15.1. The summed E-state index contributed by atoms with van der Waals surface area (Å²) in [6, 6.07) is 6.76. The number of ether oxygens (including phenoxy) is 1. The van der Waals surface area contributed by atoms with Gasteiger partial charge in [0.2, 0.25) is 0 Å². The second kappa shape index (κ2) is 8.47. The monoisotopic (exact) mass is 301 g/mol. The average molecular weight is 301 g/mol. The average Bonchev–Trinajstić information content (AvgIpc) is 3.00. The Morgan fingerprint density at radius 1 is 1.32 bits per heavy atom. The van der Waals surface area contributed by atoms with Crippen molar-refractivity contribution in [1.29, 1.82) is 0 Å². The lowest BCUT2D eigenvalue weighted by Gasteiger charge is -2.16. The van der Waals surface area contributed by atoms with Gasteiger partial charge in [0.15, 0.2) is 5.96 Å². The zero-order valence-corrected chi connectivity index (χ0v) is 13.9. The van der Waals surface area contributed by atoms with Crippen LogP contribution in [0.5, 0.6) is 5.75 Å². The fourth-order valence-corrected chi connectivity index (χ4v) is 2.64. The molecule has 2 N–H and O–H groups in total. The molecule has 0 amide bonds. The van der Waals surface area contributed by atoms with Crippen LogP contribution in [0.2, 0.25) is 0 Å². The molecule has 0 saturated heterocycles. The van der Waals surface area contributed by atoms with E-state index in [9.17, 15) is 0 Å². The lowest BCUT2D eigenvalue weighted by molar-refractivity contribution is 0.409. The van der Waals surface area contributed by atoms with Crippen molar-refractivity contribution in [1.82, 2.24) is 10.6 Å². The molecule has 22 heavy (non-hydrogen) atoms. The molecule has 0 radical (unpaired) electrons. The van der Waals surface area contributed by atoms with Gasteiger partial charge in [-0.25, -0.2) is 0 Å². The molecule has 0 heterocycles. The second-order valence-corrected chi connectivity index (χ2v) is 5.61. The third kappa shape index (κ3) is 4.79. The van der Waals surface area contributed by atoms with E-state index in [1.807, 2.05) is 6.07 Å². The highest BCUT2D eigenvalue weighted by atomic mass is 16.5. The molecule has 0 aliphatic heterocycles. The first-order chi connectivity index (χ1) is 10.7. The summed E-state index contributed by atoms with van der Waals surface area (Å²) in [6.45, 7) is 5.81. The van der Waals surface area contributed by atoms with E-state index in [-0.39, 0.29) is 0 Å². The van der Waals surface area contributed by atoms with E-state index in [1.54, 1.807) is 7.11 Å². The van der Waals surface area contributed by atoms with Crippen molar-refractivity contribution in [2.45, 2.75) is 39.2 Å². The Hall–Kier alpha value is -1.97. The van der Waals surface area contributed by atoms with Crippen molar-refractivity contribution >= 4 is 5.96 Å². The molecule has 0 saturated carbocycles. The van der Waals surface area contributed by atoms with Gasteiger partial charge in [-0.3, -0.25) is 4.99 Å². The summed E-state index contributed by atoms with van der Waals surface area (Å²) < 4.78 is 5.42. The van der Waals surface area contributed by atoms with Crippen LogP contribution in [0.15, 0.2) is 35.3 Å². The Morgan fingerprint density at radius 3 is 2.77 bits per heavy atom. The largest absolute Gasteiger partial charge is 0.496 e. The number of guanidine groups is 1. The molecule has 0 atom stereocenters. The molecule has 0 unspecified atom stereocenters. The highest BCUT2D eigenvalue weighted by Gasteiger charge is 2.11. The van der Waals surface area contributed by atoms with Crippen molar-refractivity contribution in [2.24, 2.45) is 4.99 Å². The molecule has 1 aliphatic rings. The van der Waals surface area contributed by atoms with Crippen molar-refractivity contribution in [3.05, 3.63) is 41.5 Å². The number of aryl methyl sites for hydroxylation is 1. The summed E-state index contributed by atoms with van der Waals surface area (Å²) in [5.41, 5.74) is 2.46. The van der Waals surface area contributed by atoms with Gasteiger partial charge < -0.3 is 15.4 Å². The molecule has 1 aromatic carbocycles. The van der Waals surface area contributed by atoms with E-state index in [4.69, 9.17) is 4.74 Å². The first kappa shape index (κ1) is 16.4. The zero-order chi connectivity index (χ0) is 15.8. The van der Waals surface area contributed by atoms with Gasteiger partial charge in [-0.15, -0.1) is 0 Å². The molecule has 4 nitrogen and oxygen atoms in total. The molecule has 1 aliphatic carbocycles. The highest BCUT2D eigenvalue weighted by molar-refractivity contribution is 5.80. The molecule has 0 aromatic heterocycles. The maximum absolute atomic E-state index is 5.42. The Kier molecular flexibility index (Phi) is 6.31. The summed E-state index contributed by atoms with van der Waals surface area (Å²) in [4.78, 5) is 4.69. The van der Waals surface area contributed by atoms with Gasteiger partial charge in [-0.2, -0.15) is 0 Å². The second-order valence-electron chi connectivity index (χ2n) is 5.61. The molecule has 0 spiro atoms. The Balaban J connectivity index is 1.94. The number of benzene rings is 1. The number of nitrogens with one attached hydrogen (secondary N) is 2. The first-order valence-electron chi connectivity index (χ1n) is 8.06. The fourth-order valence-electron chi connectivity index (χ4n) is 2.64. The minimum Gasteiger partial charge on any atom is -0.496 e. The van der Waals surface area contributed by atoms with Gasteiger partial charge in [-0.1, -0.05) is 29.8 Å². The van der Waals surface area contributed by atoms with Gasteiger partial charge in [-0.05, 0) is 44.7 Å². The molecule has 0 fully saturated rings. The van der Waals surface area contributed by atoms with Gasteiger partial charge in [0.25, 0.3) is 0 Å². The maximum atomic E-state index is 5.42. The van der Waals surface area contributed by atoms with Crippen molar-refractivity contribution in [2.75, 3.05) is 20.2 Å². The van der Waals surface area contributed by atoms with Gasteiger partial charge in [0.1, 0.15) is 5.75 Å². The standard InChI is InChI=1S/C18H27N3O/c1-4-19-18(21-16-7-5-6-8-16)20-12-11-15-13-14(2)9-10-17(15)22-3/h5-6,9-10,13,16H,4,7-8,11-12H2,1-3H3,(H2,19,20,21). The smallest absolute Gasteiger partial charge is 0.191 e. The van der Waals surface area contributed by atoms with Crippen LogP contribution in [-0.2, 0) is 6.42 Å². The highest BCUT2D eigenvalue weighted by Crippen LogP contribution is 2.20. The molecular formula is C18H27N3O. The van der Waals surface area contributed by atoms with Crippen molar-refractivity contribution in [3.8, 4) is 5.75 Å². The number of nitrogens with zero attached hydrogens (tertiary/aromatic N) is 1. The van der Waals surface area contributed by atoms with Crippen LogP contribution in [0.1, 0.15) is 30.9 Å². The summed E-state index contributed by atoms with van der Waals surface area (Å²) in [6.07, 6.45) is 7.48. The summed E-state index contributed by atoms with van der Waals surface area (Å²) in [7, 11) is 1.72. The van der Waals surface area contributed by atoms with Crippen LogP contribution in [0.25, 0.3) is 0 Å². The van der Waals surface area contributed by atoms with Crippen LogP contribution < -0.4 is 15.4 Å². The van der Waals surface area contributed by atoms with Gasteiger partial charge >= 0.3 is 0 Å². The molecule has 1 aromatic rings. The molecule has 0 bridgehead atoms. The third-order valence-electron chi connectivity index (χ3n) is 3.78. The SMILES string of the molecule is CCNC(=NCCc1cc(C)ccc1OC)NC1CC=CC1. The quantitative estimate of drug-likeness (QED) is 0.482. The lowest BCUT2D eigenvalue weighted by Crippen LogP contribution is -2.42. The number of methoxy groups -OCH3 is 1. The first-order valence-corrected chi connectivity index (χ1v) is 8.06.